The minimum absolute atomic E-state index is 0.101. The third-order valence-corrected chi connectivity index (χ3v) is 5.19. The predicted molar refractivity (Wildman–Crippen MR) is 85.4 cm³/mol. The van der Waals surface area contributed by atoms with Crippen LogP contribution >= 0.6 is 15.9 Å². The summed E-state index contributed by atoms with van der Waals surface area (Å²) >= 11 is 3.43. The highest BCUT2D eigenvalue weighted by atomic mass is 79.9. The fourth-order valence-electron chi connectivity index (χ4n) is 3.14. The Morgan fingerprint density at radius 1 is 1.30 bits per heavy atom. The molecule has 1 saturated carbocycles. The van der Waals surface area contributed by atoms with Crippen molar-refractivity contribution in [1.29, 1.82) is 0 Å². The lowest BCUT2D eigenvalue weighted by molar-refractivity contribution is 0.134. The Hall–Kier alpha value is -0.450. The van der Waals surface area contributed by atoms with Crippen LogP contribution in [0.25, 0.3) is 0 Å². The Bertz CT molecular complexity index is 444. The van der Waals surface area contributed by atoms with Crippen LogP contribution in [0.2, 0.25) is 0 Å². The van der Waals surface area contributed by atoms with Crippen molar-refractivity contribution in [3.8, 4) is 0 Å². The smallest absolute Gasteiger partial charge is 0.128 e. The second-order valence-electron chi connectivity index (χ2n) is 5.80. The Kier molecular flexibility index (Phi) is 5.58. The van der Waals surface area contributed by atoms with E-state index in [9.17, 15) is 4.39 Å². The molecule has 1 unspecified atom stereocenters. The molecule has 0 aliphatic heterocycles. The molecule has 2 rings (SSSR count). The molecule has 1 N–H and O–H groups in total. The number of nitrogens with zero attached hydrogens (tertiary/aromatic N) is 1. The quantitative estimate of drug-likeness (QED) is 0.885. The van der Waals surface area contributed by atoms with Gasteiger partial charge in [-0.1, -0.05) is 15.9 Å². The van der Waals surface area contributed by atoms with E-state index >= 15 is 0 Å². The van der Waals surface area contributed by atoms with Gasteiger partial charge in [0.2, 0.25) is 0 Å². The number of hydrogen-bond donors (Lipinski definition) is 1. The first kappa shape index (κ1) is 15.9. The molecule has 1 atom stereocenters. The summed E-state index contributed by atoms with van der Waals surface area (Å²) in [6.45, 7) is 2.09. The Balaban J connectivity index is 2.05. The van der Waals surface area contributed by atoms with Crippen LogP contribution in [0, 0.1) is 5.82 Å². The Morgan fingerprint density at radius 3 is 2.55 bits per heavy atom. The van der Waals surface area contributed by atoms with Crippen LogP contribution in [0.15, 0.2) is 22.7 Å². The average Bonchev–Trinajstić information content (AvgIpc) is 2.48. The summed E-state index contributed by atoms with van der Waals surface area (Å²) in [5.41, 5.74) is 0.776. The number of halogens is 2. The van der Waals surface area contributed by atoms with E-state index in [1.165, 1.54) is 25.7 Å². The van der Waals surface area contributed by atoms with E-state index in [0.29, 0.717) is 12.1 Å². The van der Waals surface area contributed by atoms with Crippen LogP contribution in [-0.2, 0) is 0 Å². The molecule has 1 aromatic carbocycles. The maximum Gasteiger partial charge on any atom is 0.128 e. The zero-order chi connectivity index (χ0) is 14.7. The van der Waals surface area contributed by atoms with Gasteiger partial charge in [0.05, 0.1) is 0 Å². The van der Waals surface area contributed by atoms with E-state index in [4.69, 9.17) is 0 Å². The lowest BCUT2D eigenvalue weighted by atomic mass is 9.89. The van der Waals surface area contributed by atoms with E-state index in [1.807, 2.05) is 13.1 Å². The van der Waals surface area contributed by atoms with Crippen molar-refractivity contribution < 1.29 is 4.39 Å². The molecule has 0 amide bonds. The van der Waals surface area contributed by atoms with Crippen LogP contribution in [0.4, 0.5) is 4.39 Å². The molecule has 0 spiro atoms. The maximum atomic E-state index is 14.0. The van der Waals surface area contributed by atoms with Crippen molar-refractivity contribution in [2.24, 2.45) is 0 Å². The van der Waals surface area contributed by atoms with Crippen LogP contribution in [0.1, 0.15) is 44.2 Å². The molecule has 112 valence electrons. The third-order valence-electron chi connectivity index (χ3n) is 4.70. The van der Waals surface area contributed by atoms with Gasteiger partial charge in [0.15, 0.2) is 0 Å². The summed E-state index contributed by atoms with van der Waals surface area (Å²) in [7, 11) is 4.16. The minimum atomic E-state index is -0.114. The van der Waals surface area contributed by atoms with Gasteiger partial charge >= 0.3 is 0 Å². The van der Waals surface area contributed by atoms with Gasteiger partial charge in [-0.2, -0.15) is 0 Å². The van der Waals surface area contributed by atoms with Gasteiger partial charge in [-0.3, -0.25) is 4.90 Å². The summed E-state index contributed by atoms with van der Waals surface area (Å²) in [6.07, 6.45) is 4.78. The van der Waals surface area contributed by atoms with Gasteiger partial charge < -0.3 is 5.32 Å². The molecule has 20 heavy (non-hydrogen) atoms. The van der Waals surface area contributed by atoms with Crippen molar-refractivity contribution in [2.75, 3.05) is 14.1 Å². The van der Waals surface area contributed by atoms with Gasteiger partial charge in [-0.25, -0.2) is 4.39 Å². The first-order valence-corrected chi connectivity index (χ1v) is 8.16. The second-order valence-corrected chi connectivity index (χ2v) is 6.72. The fourth-order valence-corrected chi connectivity index (χ4v) is 3.52. The predicted octanol–water partition coefficient (Wildman–Crippen LogP) is 4.11. The van der Waals surface area contributed by atoms with Gasteiger partial charge in [-0.05, 0) is 64.9 Å². The second kappa shape index (κ2) is 7.01. The lowest BCUT2D eigenvalue weighted by Gasteiger charge is -2.38. The summed E-state index contributed by atoms with van der Waals surface area (Å²) in [5.74, 6) is -0.114. The van der Waals surface area contributed by atoms with E-state index in [2.05, 4.69) is 40.1 Å². The topological polar surface area (TPSA) is 15.3 Å². The summed E-state index contributed by atoms with van der Waals surface area (Å²) in [5, 5.41) is 3.36. The van der Waals surface area contributed by atoms with Crippen molar-refractivity contribution in [1.82, 2.24) is 10.2 Å². The molecule has 4 heteroatoms. The van der Waals surface area contributed by atoms with Crippen molar-refractivity contribution in [3.63, 3.8) is 0 Å². The molecule has 1 aliphatic carbocycles. The Morgan fingerprint density at radius 2 is 1.95 bits per heavy atom. The highest BCUT2D eigenvalue weighted by Crippen LogP contribution is 2.31. The SMILES string of the molecule is CNC1CCC(N(C)C(C)c2cc(Br)ccc2F)CC1. The summed E-state index contributed by atoms with van der Waals surface area (Å²) < 4.78 is 14.9. The van der Waals surface area contributed by atoms with Crippen LogP contribution in [0.3, 0.4) is 0 Å². The van der Waals surface area contributed by atoms with E-state index in [-0.39, 0.29) is 11.9 Å². The molecule has 0 bridgehead atoms. The monoisotopic (exact) mass is 342 g/mol. The minimum Gasteiger partial charge on any atom is -0.317 e. The van der Waals surface area contributed by atoms with Crippen LogP contribution in [-0.4, -0.2) is 31.1 Å². The largest absolute Gasteiger partial charge is 0.317 e. The van der Waals surface area contributed by atoms with Crippen molar-refractivity contribution in [3.05, 3.63) is 34.1 Å². The Labute approximate surface area is 129 Å². The zero-order valence-corrected chi connectivity index (χ0v) is 14.1. The standard InChI is InChI=1S/C16H24BrFN2/c1-11(15-10-12(17)4-9-16(15)18)20(3)14-7-5-13(19-2)6-8-14/h4,9-11,13-14,19H,5-8H2,1-3H3. The normalized spacial score (nSPS) is 24.9. The molecule has 0 aromatic heterocycles. The van der Waals surface area contributed by atoms with Gasteiger partial charge in [0.1, 0.15) is 5.82 Å². The maximum absolute atomic E-state index is 14.0. The number of rotatable bonds is 4. The van der Waals surface area contributed by atoms with E-state index in [0.717, 1.165) is 10.0 Å². The first-order valence-electron chi connectivity index (χ1n) is 7.37. The molecule has 0 saturated heterocycles. The van der Waals surface area contributed by atoms with Gasteiger partial charge in [-0.15, -0.1) is 0 Å². The van der Waals surface area contributed by atoms with E-state index in [1.54, 1.807) is 12.1 Å². The molecule has 1 fully saturated rings. The lowest BCUT2D eigenvalue weighted by Crippen LogP contribution is -2.41. The molecular formula is C16H24BrFN2. The number of hydrogen-bond acceptors (Lipinski definition) is 2. The van der Waals surface area contributed by atoms with Crippen molar-refractivity contribution in [2.45, 2.75) is 50.7 Å². The van der Waals surface area contributed by atoms with Gasteiger partial charge in [0.25, 0.3) is 0 Å². The number of nitrogens with one attached hydrogen (secondary N) is 1. The van der Waals surface area contributed by atoms with Crippen LogP contribution in [0.5, 0.6) is 0 Å². The fraction of sp³-hybridized carbons (Fsp3) is 0.625. The summed E-state index contributed by atoms with van der Waals surface area (Å²) in [6, 6.07) is 6.50. The first-order chi connectivity index (χ1) is 9.52. The third kappa shape index (κ3) is 3.60. The highest BCUT2D eigenvalue weighted by molar-refractivity contribution is 9.10. The van der Waals surface area contributed by atoms with Crippen LogP contribution < -0.4 is 5.32 Å². The number of benzene rings is 1. The molecule has 1 aliphatic rings. The molecule has 2 nitrogen and oxygen atoms in total. The summed E-state index contributed by atoms with van der Waals surface area (Å²) in [4.78, 5) is 2.33. The molecule has 0 radical (unpaired) electrons. The van der Waals surface area contributed by atoms with Crippen molar-refractivity contribution >= 4 is 15.9 Å². The highest BCUT2D eigenvalue weighted by Gasteiger charge is 2.27. The molecular weight excluding hydrogens is 319 g/mol. The molecule has 1 aromatic rings. The molecule has 0 heterocycles. The van der Waals surface area contributed by atoms with Gasteiger partial charge in [0, 0.05) is 28.2 Å². The van der Waals surface area contributed by atoms with E-state index < -0.39 is 0 Å². The zero-order valence-electron chi connectivity index (χ0n) is 12.5. The average molecular weight is 343 g/mol.